The highest BCUT2D eigenvalue weighted by Gasteiger charge is 2.17. The summed E-state index contributed by atoms with van der Waals surface area (Å²) < 4.78 is 5.06. The number of nitrogens with zero attached hydrogens (tertiary/aromatic N) is 2. The van der Waals surface area contributed by atoms with Crippen LogP contribution in [0.5, 0.6) is 0 Å². The van der Waals surface area contributed by atoms with Gasteiger partial charge in [0.2, 0.25) is 0 Å². The van der Waals surface area contributed by atoms with Gasteiger partial charge in [0.25, 0.3) is 0 Å². The smallest absolute Gasteiger partial charge is 0.341 e. The number of hydrogen-bond acceptors (Lipinski definition) is 5. The fourth-order valence-corrected chi connectivity index (χ4v) is 2.07. The van der Waals surface area contributed by atoms with Crippen molar-refractivity contribution in [1.29, 1.82) is 0 Å². The van der Waals surface area contributed by atoms with Crippen LogP contribution in [0.15, 0.2) is 42.6 Å². The fourth-order valence-electron chi connectivity index (χ4n) is 2.07. The Morgan fingerprint density at radius 3 is 2.71 bits per heavy atom. The van der Waals surface area contributed by atoms with Crippen LogP contribution < -0.4 is 10.6 Å². The average molecular weight is 285 g/mol. The molecule has 0 aliphatic heterocycles. The van der Waals surface area contributed by atoms with Crippen LogP contribution in [0.4, 0.5) is 11.5 Å². The van der Waals surface area contributed by atoms with Crippen molar-refractivity contribution >= 4 is 17.5 Å². The van der Waals surface area contributed by atoms with Gasteiger partial charge in [0.05, 0.1) is 18.5 Å². The van der Waals surface area contributed by atoms with E-state index >= 15 is 0 Å². The molecule has 0 unspecified atom stereocenters. The van der Waals surface area contributed by atoms with Crippen molar-refractivity contribution in [3.63, 3.8) is 0 Å². The number of carbonyl (C=O) groups excluding carboxylic acids is 1. The average Bonchev–Trinajstić information content (AvgIpc) is 2.48. The maximum Gasteiger partial charge on any atom is 0.341 e. The largest absolute Gasteiger partial charge is 0.462 e. The molecular formula is C16H19N3O2. The minimum absolute atomic E-state index is 0.315. The van der Waals surface area contributed by atoms with Crippen LogP contribution in [0.1, 0.15) is 22.8 Å². The molecular weight excluding hydrogens is 266 g/mol. The Balaban J connectivity index is 2.27. The molecule has 0 aliphatic rings. The molecule has 0 bridgehead atoms. The number of esters is 1. The third-order valence-corrected chi connectivity index (χ3v) is 3.01. The molecule has 2 rings (SSSR count). The van der Waals surface area contributed by atoms with Gasteiger partial charge >= 0.3 is 5.97 Å². The van der Waals surface area contributed by atoms with Crippen LogP contribution in [0, 0.1) is 0 Å². The molecule has 0 saturated carbocycles. The van der Waals surface area contributed by atoms with E-state index in [0.717, 1.165) is 5.56 Å². The quantitative estimate of drug-likeness (QED) is 0.855. The maximum atomic E-state index is 12.0. The summed E-state index contributed by atoms with van der Waals surface area (Å²) >= 11 is 0. The van der Waals surface area contributed by atoms with Gasteiger partial charge in [-0.25, -0.2) is 9.78 Å². The van der Waals surface area contributed by atoms with Crippen LogP contribution >= 0.6 is 0 Å². The van der Waals surface area contributed by atoms with Gasteiger partial charge in [-0.1, -0.05) is 30.3 Å². The third-order valence-electron chi connectivity index (χ3n) is 3.01. The summed E-state index contributed by atoms with van der Waals surface area (Å²) in [5, 5.41) is 0. The Hall–Kier alpha value is -2.56. The minimum atomic E-state index is -0.410. The Kier molecular flexibility index (Phi) is 4.77. The Bertz CT molecular complexity index is 614. The van der Waals surface area contributed by atoms with Crippen LogP contribution in [-0.2, 0) is 11.3 Å². The maximum absolute atomic E-state index is 12.0. The highest BCUT2D eigenvalue weighted by molar-refractivity contribution is 5.95. The standard InChI is InChI=1S/C16H19N3O2/c1-3-21-16(20)14-9-13(17)10-18-15(14)19(2)11-12-7-5-4-6-8-12/h4-10H,3,11,17H2,1-2H3. The summed E-state index contributed by atoms with van der Waals surface area (Å²) in [6.07, 6.45) is 1.54. The molecule has 2 N–H and O–H groups in total. The summed E-state index contributed by atoms with van der Waals surface area (Å²) in [7, 11) is 1.88. The zero-order valence-electron chi connectivity index (χ0n) is 12.2. The van der Waals surface area contributed by atoms with Crippen LogP contribution in [0.3, 0.4) is 0 Å². The summed E-state index contributed by atoms with van der Waals surface area (Å²) in [5.41, 5.74) is 7.68. The summed E-state index contributed by atoms with van der Waals surface area (Å²) in [6.45, 7) is 2.73. The molecule has 5 nitrogen and oxygen atoms in total. The van der Waals surface area contributed by atoms with Crippen LogP contribution in [0.25, 0.3) is 0 Å². The van der Waals surface area contributed by atoms with E-state index in [9.17, 15) is 4.79 Å². The number of benzene rings is 1. The second-order valence-corrected chi connectivity index (χ2v) is 4.70. The molecule has 0 amide bonds. The van der Waals surface area contributed by atoms with Gasteiger partial charge in [-0.15, -0.1) is 0 Å². The van der Waals surface area contributed by atoms with Crippen molar-refractivity contribution in [2.75, 3.05) is 24.3 Å². The van der Waals surface area contributed by atoms with Crippen LogP contribution in [-0.4, -0.2) is 24.6 Å². The van der Waals surface area contributed by atoms with E-state index in [-0.39, 0.29) is 0 Å². The monoisotopic (exact) mass is 285 g/mol. The molecule has 1 aromatic heterocycles. The third kappa shape index (κ3) is 3.72. The number of rotatable bonds is 5. The van der Waals surface area contributed by atoms with Gasteiger partial charge in [-0.3, -0.25) is 0 Å². The lowest BCUT2D eigenvalue weighted by Gasteiger charge is -2.21. The van der Waals surface area contributed by atoms with Crippen molar-refractivity contribution in [1.82, 2.24) is 4.98 Å². The summed E-state index contributed by atoms with van der Waals surface area (Å²) in [4.78, 5) is 18.2. The van der Waals surface area contributed by atoms with Crippen molar-refractivity contribution in [2.24, 2.45) is 0 Å². The molecule has 110 valence electrons. The Morgan fingerprint density at radius 1 is 1.33 bits per heavy atom. The highest BCUT2D eigenvalue weighted by Crippen LogP contribution is 2.21. The minimum Gasteiger partial charge on any atom is -0.462 e. The number of ether oxygens (including phenoxy) is 1. The van der Waals surface area contributed by atoms with Gasteiger partial charge < -0.3 is 15.4 Å². The van der Waals surface area contributed by atoms with Gasteiger partial charge in [-0.05, 0) is 18.6 Å². The van der Waals surface area contributed by atoms with E-state index in [2.05, 4.69) is 4.98 Å². The lowest BCUT2D eigenvalue weighted by Crippen LogP contribution is -2.21. The molecule has 0 atom stereocenters. The number of anilines is 2. The number of aromatic nitrogens is 1. The topological polar surface area (TPSA) is 68.5 Å². The second-order valence-electron chi connectivity index (χ2n) is 4.70. The fraction of sp³-hybridized carbons (Fsp3) is 0.250. The van der Waals surface area contributed by atoms with E-state index in [0.29, 0.717) is 30.2 Å². The Labute approximate surface area is 124 Å². The summed E-state index contributed by atoms with van der Waals surface area (Å²) in [6, 6.07) is 11.6. The van der Waals surface area contributed by atoms with E-state index in [1.807, 2.05) is 42.3 Å². The van der Waals surface area contributed by atoms with Gasteiger partial charge in [0.15, 0.2) is 0 Å². The molecule has 0 fully saturated rings. The number of pyridine rings is 1. The first-order valence-electron chi connectivity index (χ1n) is 6.79. The van der Waals surface area contributed by atoms with Gasteiger partial charge in [0, 0.05) is 13.6 Å². The molecule has 1 heterocycles. The predicted octanol–water partition coefficient (Wildman–Crippen LogP) is 2.48. The highest BCUT2D eigenvalue weighted by atomic mass is 16.5. The van der Waals surface area contributed by atoms with E-state index < -0.39 is 5.97 Å². The van der Waals surface area contributed by atoms with Crippen molar-refractivity contribution in [2.45, 2.75) is 13.5 Å². The van der Waals surface area contributed by atoms with E-state index in [1.54, 1.807) is 19.2 Å². The lowest BCUT2D eigenvalue weighted by molar-refractivity contribution is 0.0526. The van der Waals surface area contributed by atoms with E-state index in [1.165, 1.54) is 0 Å². The number of nitrogen functional groups attached to an aromatic ring is 1. The number of nitrogens with two attached hydrogens (primary N) is 1. The molecule has 21 heavy (non-hydrogen) atoms. The molecule has 0 saturated heterocycles. The SMILES string of the molecule is CCOC(=O)c1cc(N)cnc1N(C)Cc1ccccc1. The first kappa shape index (κ1) is 14.8. The van der Waals surface area contributed by atoms with Crippen molar-refractivity contribution in [3.8, 4) is 0 Å². The number of hydrogen-bond donors (Lipinski definition) is 1. The zero-order chi connectivity index (χ0) is 15.2. The molecule has 0 aliphatic carbocycles. The first-order chi connectivity index (χ1) is 10.1. The molecule has 2 aromatic rings. The molecule has 1 aromatic carbocycles. The Morgan fingerprint density at radius 2 is 2.05 bits per heavy atom. The number of carbonyl (C=O) groups is 1. The lowest BCUT2D eigenvalue weighted by atomic mass is 10.2. The van der Waals surface area contributed by atoms with Gasteiger partial charge in [-0.2, -0.15) is 0 Å². The summed E-state index contributed by atoms with van der Waals surface area (Å²) in [5.74, 6) is 0.152. The second kappa shape index (κ2) is 6.74. The van der Waals surface area contributed by atoms with Crippen LogP contribution in [0.2, 0.25) is 0 Å². The van der Waals surface area contributed by atoms with Gasteiger partial charge in [0.1, 0.15) is 11.4 Å². The van der Waals surface area contributed by atoms with Crippen molar-refractivity contribution < 1.29 is 9.53 Å². The van der Waals surface area contributed by atoms with Crippen molar-refractivity contribution in [3.05, 3.63) is 53.7 Å². The molecule has 0 radical (unpaired) electrons. The first-order valence-corrected chi connectivity index (χ1v) is 6.79. The molecule has 0 spiro atoms. The normalized spacial score (nSPS) is 10.2. The molecule has 5 heteroatoms. The van der Waals surface area contributed by atoms with E-state index in [4.69, 9.17) is 10.5 Å². The predicted molar refractivity (Wildman–Crippen MR) is 83.2 cm³/mol. The zero-order valence-corrected chi connectivity index (χ0v) is 12.2.